The van der Waals surface area contributed by atoms with Crippen LogP contribution in [0.3, 0.4) is 0 Å². The number of hydrogen-bond acceptors (Lipinski definition) is 4. The minimum atomic E-state index is -0.117. The molecule has 0 radical (unpaired) electrons. The lowest BCUT2D eigenvalue weighted by Crippen LogP contribution is -2.28. The van der Waals surface area contributed by atoms with E-state index < -0.39 is 0 Å². The van der Waals surface area contributed by atoms with Gasteiger partial charge in [0.05, 0.1) is 0 Å². The van der Waals surface area contributed by atoms with Crippen molar-refractivity contribution in [2.75, 3.05) is 5.73 Å². The van der Waals surface area contributed by atoms with E-state index in [4.69, 9.17) is 5.73 Å². The number of nitrogen functional groups attached to an aromatic ring is 1. The Kier molecular flexibility index (Phi) is 1.99. The van der Waals surface area contributed by atoms with Crippen LogP contribution >= 0.6 is 11.3 Å². The number of nitrogens with two attached hydrogens (primary N) is 1. The molecule has 1 aromatic rings. The maximum Gasteiger partial charge on any atom is 0.271 e. The second-order valence-corrected chi connectivity index (χ2v) is 5.18. The maximum absolute atomic E-state index is 11.6. The molecule has 2 rings (SSSR count). The summed E-state index contributed by atoms with van der Waals surface area (Å²) in [7, 11) is 0. The van der Waals surface area contributed by atoms with Gasteiger partial charge in [0.1, 0.15) is 5.69 Å². The van der Waals surface area contributed by atoms with E-state index in [1.807, 2.05) is 0 Å². The van der Waals surface area contributed by atoms with Crippen LogP contribution < -0.4 is 11.1 Å². The van der Waals surface area contributed by atoms with E-state index in [0.717, 1.165) is 6.42 Å². The summed E-state index contributed by atoms with van der Waals surface area (Å²) < 4.78 is 0. The lowest BCUT2D eigenvalue weighted by Gasteiger charge is -2.04. The average molecular weight is 211 g/mol. The van der Waals surface area contributed by atoms with E-state index in [1.54, 1.807) is 5.38 Å². The molecule has 1 saturated carbocycles. The summed E-state index contributed by atoms with van der Waals surface area (Å²) in [5, 5.41) is 5.04. The van der Waals surface area contributed by atoms with E-state index in [9.17, 15) is 4.79 Å². The van der Waals surface area contributed by atoms with Crippen molar-refractivity contribution in [1.29, 1.82) is 0 Å². The standard InChI is InChI=1S/C9H13N3OS/c1-9(2)3-6(9)12-7(13)5-4-14-8(10)11-5/h4,6H,3H2,1-2H3,(H2,10,11)(H,12,13). The fourth-order valence-corrected chi connectivity index (χ4v) is 1.88. The first-order chi connectivity index (χ1) is 6.49. The Balaban J connectivity index is 1.97. The molecule has 1 amide bonds. The molecule has 3 N–H and O–H groups in total. The van der Waals surface area contributed by atoms with Crippen molar-refractivity contribution in [1.82, 2.24) is 10.3 Å². The van der Waals surface area contributed by atoms with Crippen LogP contribution in [0.25, 0.3) is 0 Å². The summed E-state index contributed by atoms with van der Waals surface area (Å²) in [6.45, 7) is 4.26. The number of carbonyl (C=O) groups excluding carboxylic acids is 1. The molecule has 4 nitrogen and oxygen atoms in total. The van der Waals surface area contributed by atoms with Gasteiger partial charge in [-0.05, 0) is 11.8 Å². The predicted octanol–water partition coefficient (Wildman–Crippen LogP) is 1.25. The highest BCUT2D eigenvalue weighted by Gasteiger charge is 2.46. The van der Waals surface area contributed by atoms with E-state index in [-0.39, 0.29) is 17.4 Å². The highest BCUT2D eigenvalue weighted by atomic mass is 32.1. The Morgan fingerprint density at radius 3 is 2.86 bits per heavy atom. The number of thiazole rings is 1. The van der Waals surface area contributed by atoms with Gasteiger partial charge in [-0.25, -0.2) is 4.98 Å². The second kappa shape index (κ2) is 2.95. The fraction of sp³-hybridized carbons (Fsp3) is 0.556. The van der Waals surface area contributed by atoms with Gasteiger partial charge in [-0.15, -0.1) is 11.3 Å². The Bertz CT molecular complexity index is 372. The Morgan fingerprint density at radius 2 is 2.43 bits per heavy atom. The quantitative estimate of drug-likeness (QED) is 0.773. The summed E-state index contributed by atoms with van der Waals surface area (Å²) in [4.78, 5) is 15.5. The zero-order chi connectivity index (χ0) is 10.3. The number of aromatic nitrogens is 1. The number of carbonyl (C=O) groups is 1. The normalized spacial score (nSPS) is 23.1. The Hall–Kier alpha value is -1.10. The smallest absolute Gasteiger partial charge is 0.271 e. The van der Waals surface area contributed by atoms with Gasteiger partial charge < -0.3 is 11.1 Å². The van der Waals surface area contributed by atoms with E-state index in [0.29, 0.717) is 10.8 Å². The minimum Gasteiger partial charge on any atom is -0.375 e. The third-order valence-corrected chi connectivity index (χ3v) is 3.25. The second-order valence-electron chi connectivity index (χ2n) is 4.29. The van der Waals surface area contributed by atoms with Crippen LogP contribution in [0.1, 0.15) is 30.8 Å². The zero-order valence-electron chi connectivity index (χ0n) is 8.20. The monoisotopic (exact) mass is 211 g/mol. The molecule has 1 heterocycles. The maximum atomic E-state index is 11.6. The van der Waals surface area contributed by atoms with Crippen molar-refractivity contribution in [2.24, 2.45) is 5.41 Å². The number of hydrogen-bond donors (Lipinski definition) is 2. The summed E-state index contributed by atoms with van der Waals surface area (Å²) in [5.41, 5.74) is 6.12. The van der Waals surface area contributed by atoms with Gasteiger partial charge >= 0.3 is 0 Å². The van der Waals surface area contributed by atoms with Crippen molar-refractivity contribution < 1.29 is 4.79 Å². The molecule has 5 heteroatoms. The van der Waals surface area contributed by atoms with Gasteiger partial charge in [0.2, 0.25) is 0 Å². The fourth-order valence-electron chi connectivity index (χ4n) is 1.34. The predicted molar refractivity (Wildman–Crippen MR) is 56.2 cm³/mol. The molecule has 14 heavy (non-hydrogen) atoms. The van der Waals surface area contributed by atoms with Crippen molar-refractivity contribution >= 4 is 22.4 Å². The third kappa shape index (κ3) is 1.72. The largest absolute Gasteiger partial charge is 0.375 e. The van der Waals surface area contributed by atoms with Gasteiger partial charge in [-0.3, -0.25) is 4.79 Å². The topological polar surface area (TPSA) is 68.0 Å². The minimum absolute atomic E-state index is 0.117. The van der Waals surface area contributed by atoms with Crippen molar-refractivity contribution in [3.8, 4) is 0 Å². The number of nitrogens with zero attached hydrogens (tertiary/aromatic N) is 1. The zero-order valence-corrected chi connectivity index (χ0v) is 9.02. The van der Waals surface area contributed by atoms with Crippen LogP contribution in [0.5, 0.6) is 0 Å². The molecule has 0 spiro atoms. The summed E-state index contributed by atoms with van der Waals surface area (Å²) in [6, 6.07) is 0.290. The molecule has 1 atom stereocenters. The molecule has 76 valence electrons. The Morgan fingerprint density at radius 1 is 1.79 bits per heavy atom. The van der Waals surface area contributed by atoms with E-state index >= 15 is 0 Å². The SMILES string of the molecule is CC1(C)CC1NC(=O)c1csc(N)n1. The van der Waals surface area contributed by atoms with Crippen LogP contribution in [0.4, 0.5) is 5.13 Å². The van der Waals surface area contributed by atoms with Crippen molar-refractivity contribution in [3.05, 3.63) is 11.1 Å². The van der Waals surface area contributed by atoms with Crippen LogP contribution in [-0.2, 0) is 0 Å². The van der Waals surface area contributed by atoms with Gasteiger partial charge in [0, 0.05) is 11.4 Å². The lowest BCUT2D eigenvalue weighted by molar-refractivity contribution is 0.0942. The lowest BCUT2D eigenvalue weighted by atomic mass is 10.2. The molecule has 0 aliphatic heterocycles. The molecule has 0 aromatic carbocycles. The molecule has 0 saturated heterocycles. The first-order valence-electron chi connectivity index (χ1n) is 4.51. The van der Waals surface area contributed by atoms with Crippen LogP contribution in [-0.4, -0.2) is 16.9 Å². The summed E-state index contributed by atoms with van der Waals surface area (Å²) in [6.07, 6.45) is 1.04. The van der Waals surface area contributed by atoms with Crippen molar-refractivity contribution in [2.45, 2.75) is 26.3 Å². The molecular weight excluding hydrogens is 198 g/mol. The van der Waals surface area contributed by atoms with Gasteiger partial charge in [0.15, 0.2) is 5.13 Å². The molecular formula is C9H13N3OS. The third-order valence-electron chi connectivity index (χ3n) is 2.57. The number of anilines is 1. The molecule has 1 unspecified atom stereocenters. The molecule has 1 aromatic heterocycles. The number of rotatable bonds is 2. The average Bonchev–Trinajstić information content (AvgIpc) is 2.52. The van der Waals surface area contributed by atoms with Crippen molar-refractivity contribution in [3.63, 3.8) is 0 Å². The molecule has 0 bridgehead atoms. The van der Waals surface area contributed by atoms with Gasteiger partial charge in [0.25, 0.3) is 5.91 Å². The van der Waals surface area contributed by atoms with E-state index in [1.165, 1.54) is 11.3 Å². The Labute approximate surface area is 86.5 Å². The first kappa shape index (κ1) is 9.45. The molecule has 1 aliphatic carbocycles. The summed E-state index contributed by atoms with van der Waals surface area (Å²) in [5.74, 6) is -0.117. The van der Waals surface area contributed by atoms with Crippen LogP contribution in [0.15, 0.2) is 5.38 Å². The highest BCUT2D eigenvalue weighted by Crippen LogP contribution is 2.44. The number of nitrogens with one attached hydrogen (secondary N) is 1. The van der Waals surface area contributed by atoms with Gasteiger partial charge in [-0.1, -0.05) is 13.8 Å². The first-order valence-corrected chi connectivity index (χ1v) is 5.39. The van der Waals surface area contributed by atoms with Crippen LogP contribution in [0.2, 0.25) is 0 Å². The molecule has 1 fully saturated rings. The highest BCUT2D eigenvalue weighted by molar-refractivity contribution is 7.13. The molecule has 1 aliphatic rings. The van der Waals surface area contributed by atoms with E-state index in [2.05, 4.69) is 24.1 Å². The summed E-state index contributed by atoms with van der Waals surface area (Å²) >= 11 is 1.29. The van der Waals surface area contributed by atoms with Gasteiger partial charge in [-0.2, -0.15) is 0 Å². The number of amides is 1. The van der Waals surface area contributed by atoms with Crippen LogP contribution in [0, 0.1) is 5.41 Å².